The molecule has 3 heterocycles. The number of likely N-dealkylation sites (tertiary alicyclic amines) is 1. The van der Waals surface area contributed by atoms with Crippen molar-refractivity contribution in [3.8, 4) is 5.75 Å². The van der Waals surface area contributed by atoms with Crippen molar-refractivity contribution >= 4 is 16.8 Å². The number of hydrogen-bond donors (Lipinski definition) is 1. The molecule has 26 heavy (non-hydrogen) atoms. The Morgan fingerprint density at radius 3 is 2.96 bits per heavy atom. The Hall–Kier alpha value is -2.82. The molecule has 1 atom stereocenters. The number of pyridine rings is 1. The van der Waals surface area contributed by atoms with E-state index in [-0.39, 0.29) is 11.9 Å². The number of aromatic nitrogens is 2. The highest BCUT2D eigenvalue weighted by atomic mass is 16.5. The summed E-state index contributed by atoms with van der Waals surface area (Å²) in [5, 5.41) is 1.03. The summed E-state index contributed by atoms with van der Waals surface area (Å²) in [5.74, 6) is 0.857. The molecule has 0 unspecified atom stereocenters. The number of fused-ring (bicyclic) bond motifs is 1. The van der Waals surface area contributed by atoms with E-state index in [1.807, 2.05) is 42.3 Å². The Balaban J connectivity index is 1.71. The van der Waals surface area contributed by atoms with Crippen LogP contribution in [0.2, 0.25) is 0 Å². The van der Waals surface area contributed by atoms with Crippen LogP contribution in [0.1, 0.15) is 46.9 Å². The number of aryl methyl sites for hydroxylation is 1. The minimum Gasteiger partial charge on any atom is -0.497 e. The number of rotatable bonds is 3. The van der Waals surface area contributed by atoms with Gasteiger partial charge in [0.15, 0.2) is 0 Å². The smallest absolute Gasteiger partial charge is 0.271 e. The molecule has 0 bridgehead atoms. The summed E-state index contributed by atoms with van der Waals surface area (Å²) in [5.41, 5.74) is 3.71. The number of carbonyl (C=O) groups is 1. The van der Waals surface area contributed by atoms with Crippen LogP contribution in [-0.2, 0) is 0 Å². The van der Waals surface area contributed by atoms with E-state index in [1.165, 1.54) is 0 Å². The number of piperidine rings is 1. The van der Waals surface area contributed by atoms with Crippen molar-refractivity contribution in [1.82, 2.24) is 14.9 Å². The molecule has 1 N–H and O–H groups in total. The van der Waals surface area contributed by atoms with Crippen molar-refractivity contribution < 1.29 is 9.53 Å². The van der Waals surface area contributed by atoms with Gasteiger partial charge in [-0.05, 0) is 61.6 Å². The van der Waals surface area contributed by atoms with Gasteiger partial charge in [-0.3, -0.25) is 9.78 Å². The second-order valence-corrected chi connectivity index (χ2v) is 6.83. The number of nitrogens with one attached hydrogen (secondary N) is 1. The molecular formula is C21H23N3O2. The van der Waals surface area contributed by atoms with Gasteiger partial charge in [0.05, 0.1) is 13.2 Å². The zero-order valence-electron chi connectivity index (χ0n) is 15.2. The quantitative estimate of drug-likeness (QED) is 0.769. The highest BCUT2D eigenvalue weighted by Crippen LogP contribution is 2.33. The number of methoxy groups -OCH3 is 1. The number of hydrogen-bond acceptors (Lipinski definition) is 3. The fourth-order valence-corrected chi connectivity index (χ4v) is 3.88. The van der Waals surface area contributed by atoms with Crippen LogP contribution in [0, 0.1) is 6.92 Å². The Morgan fingerprint density at radius 1 is 1.31 bits per heavy atom. The van der Waals surface area contributed by atoms with Crippen molar-refractivity contribution in [3.05, 3.63) is 59.5 Å². The van der Waals surface area contributed by atoms with Crippen LogP contribution in [-0.4, -0.2) is 34.4 Å². The first kappa shape index (κ1) is 16.6. The molecule has 0 spiro atoms. The normalized spacial score (nSPS) is 17.5. The Kier molecular flexibility index (Phi) is 4.37. The van der Waals surface area contributed by atoms with Gasteiger partial charge in [0, 0.05) is 29.8 Å². The summed E-state index contributed by atoms with van der Waals surface area (Å²) >= 11 is 0. The van der Waals surface area contributed by atoms with Crippen LogP contribution < -0.4 is 4.74 Å². The van der Waals surface area contributed by atoms with Crippen molar-refractivity contribution in [2.75, 3.05) is 13.7 Å². The van der Waals surface area contributed by atoms with Gasteiger partial charge in [0.1, 0.15) is 11.4 Å². The maximum atomic E-state index is 13.4. The van der Waals surface area contributed by atoms with Crippen LogP contribution in [0.4, 0.5) is 0 Å². The minimum absolute atomic E-state index is 0.0613. The molecule has 1 saturated heterocycles. The monoisotopic (exact) mass is 349 g/mol. The Bertz CT molecular complexity index is 933. The van der Waals surface area contributed by atoms with E-state index in [9.17, 15) is 4.79 Å². The molecule has 0 radical (unpaired) electrons. The van der Waals surface area contributed by atoms with Crippen LogP contribution in [0.5, 0.6) is 5.75 Å². The first-order chi connectivity index (χ1) is 12.7. The topological polar surface area (TPSA) is 58.2 Å². The van der Waals surface area contributed by atoms with Gasteiger partial charge < -0.3 is 14.6 Å². The summed E-state index contributed by atoms with van der Waals surface area (Å²) in [7, 11) is 1.65. The second kappa shape index (κ2) is 6.83. The summed E-state index contributed by atoms with van der Waals surface area (Å²) in [6.07, 6.45) is 6.79. The number of aromatic amines is 1. The van der Waals surface area contributed by atoms with Gasteiger partial charge in [-0.25, -0.2) is 0 Å². The molecule has 0 saturated carbocycles. The number of nitrogens with zero attached hydrogens (tertiary/aromatic N) is 2. The van der Waals surface area contributed by atoms with Crippen LogP contribution in [0.3, 0.4) is 0 Å². The molecular weight excluding hydrogens is 326 g/mol. The maximum absolute atomic E-state index is 13.4. The predicted molar refractivity (Wildman–Crippen MR) is 101 cm³/mol. The molecule has 0 aliphatic carbocycles. The van der Waals surface area contributed by atoms with Crippen molar-refractivity contribution in [2.24, 2.45) is 0 Å². The SMILES string of the molecule is COc1ccc2[nH]c(C(=O)N3CCCC[C@@H]3c3cccnc3)c(C)c2c1. The van der Waals surface area contributed by atoms with E-state index in [4.69, 9.17) is 4.74 Å². The lowest BCUT2D eigenvalue weighted by molar-refractivity contribution is 0.0605. The first-order valence-electron chi connectivity index (χ1n) is 9.06. The van der Waals surface area contributed by atoms with E-state index in [0.717, 1.165) is 53.6 Å². The number of H-pyrrole nitrogens is 1. The third-order valence-corrected chi connectivity index (χ3v) is 5.31. The van der Waals surface area contributed by atoms with Crippen molar-refractivity contribution in [3.63, 3.8) is 0 Å². The molecule has 4 rings (SSSR count). The second-order valence-electron chi connectivity index (χ2n) is 6.83. The van der Waals surface area contributed by atoms with Gasteiger partial charge in [0.25, 0.3) is 5.91 Å². The lowest BCUT2D eigenvalue weighted by atomic mass is 9.95. The highest BCUT2D eigenvalue weighted by Gasteiger charge is 2.30. The van der Waals surface area contributed by atoms with Gasteiger partial charge in [-0.1, -0.05) is 6.07 Å². The molecule has 1 aliphatic rings. The molecule has 1 aromatic carbocycles. The fraction of sp³-hybridized carbons (Fsp3) is 0.333. The van der Waals surface area contributed by atoms with Crippen LogP contribution >= 0.6 is 0 Å². The van der Waals surface area contributed by atoms with E-state index in [0.29, 0.717) is 5.69 Å². The van der Waals surface area contributed by atoms with E-state index >= 15 is 0 Å². The number of amides is 1. The highest BCUT2D eigenvalue weighted by molar-refractivity contribution is 6.01. The number of ether oxygens (including phenoxy) is 1. The van der Waals surface area contributed by atoms with Gasteiger partial charge in [-0.15, -0.1) is 0 Å². The third-order valence-electron chi connectivity index (χ3n) is 5.31. The van der Waals surface area contributed by atoms with Gasteiger partial charge in [0.2, 0.25) is 0 Å². The molecule has 1 amide bonds. The van der Waals surface area contributed by atoms with Gasteiger partial charge >= 0.3 is 0 Å². The van der Waals surface area contributed by atoms with Crippen LogP contribution in [0.15, 0.2) is 42.7 Å². The Morgan fingerprint density at radius 2 is 2.19 bits per heavy atom. The number of carbonyl (C=O) groups excluding carboxylic acids is 1. The zero-order chi connectivity index (χ0) is 18.1. The number of benzene rings is 1. The molecule has 5 heteroatoms. The summed E-state index contributed by atoms with van der Waals surface area (Å²) in [6, 6.07) is 9.94. The predicted octanol–water partition coefficient (Wildman–Crippen LogP) is 4.25. The first-order valence-corrected chi connectivity index (χ1v) is 9.06. The zero-order valence-corrected chi connectivity index (χ0v) is 15.2. The summed E-state index contributed by atoms with van der Waals surface area (Å²) in [6.45, 7) is 2.77. The molecule has 3 aromatic rings. The Labute approximate surface area is 153 Å². The lowest BCUT2D eigenvalue weighted by Crippen LogP contribution is -2.39. The average Bonchev–Trinajstić information content (AvgIpc) is 3.04. The lowest BCUT2D eigenvalue weighted by Gasteiger charge is -2.35. The molecule has 5 nitrogen and oxygen atoms in total. The summed E-state index contributed by atoms with van der Waals surface area (Å²) in [4.78, 5) is 22.9. The third kappa shape index (κ3) is 2.83. The van der Waals surface area contributed by atoms with E-state index < -0.39 is 0 Å². The largest absolute Gasteiger partial charge is 0.497 e. The average molecular weight is 349 g/mol. The maximum Gasteiger partial charge on any atom is 0.271 e. The van der Waals surface area contributed by atoms with Crippen molar-refractivity contribution in [2.45, 2.75) is 32.2 Å². The summed E-state index contributed by atoms with van der Waals surface area (Å²) < 4.78 is 5.32. The van der Waals surface area contributed by atoms with Crippen LogP contribution in [0.25, 0.3) is 10.9 Å². The molecule has 134 valence electrons. The fourth-order valence-electron chi connectivity index (χ4n) is 3.88. The van der Waals surface area contributed by atoms with E-state index in [1.54, 1.807) is 13.3 Å². The molecule has 2 aromatic heterocycles. The minimum atomic E-state index is 0.0613. The van der Waals surface area contributed by atoms with E-state index in [2.05, 4.69) is 16.0 Å². The van der Waals surface area contributed by atoms with Crippen molar-refractivity contribution in [1.29, 1.82) is 0 Å². The van der Waals surface area contributed by atoms with Gasteiger partial charge in [-0.2, -0.15) is 0 Å². The molecule has 1 fully saturated rings. The standard InChI is InChI=1S/C21H23N3O2/c1-14-17-12-16(26-2)8-9-18(17)23-20(14)21(25)24-11-4-3-7-19(24)15-6-5-10-22-13-15/h5-6,8-10,12-13,19,23H,3-4,7,11H2,1-2H3/t19-/m1/s1. The molecule has 1 aliphatic heterocycles.